The topological polar surface area (TPSA) is 51.2 Å². The Bertz CT molecular complexity index is 810. The second kappa shape index (κ2) is 7.83. The van der Waals surface area contributed by atoms with Crippen LogP contribution in [0.4, 0.5) is 0 Å². The predicted octanol–water partition coefficient (Wildman–Crippen LogP) is 3.96. The van der Waals surface area contributed by atoms with Crippen molar-refractivity contribution in [2.45, 2.75) is 3.17 Å². The summed E-state index contributed by atoms with van der Waals surface area (Å²) in [5, 5.41) is 0. The zero-order valence-corrected chi connectivity index (χ0v) is 17.3. The number of carbonyl (C=O) groups excluding carboxylic acids is 3. The summed E-state index contributed by atoms with van der Waals surface area (Å²) in [6.07, 6.45) is 0. The van der Waals surface area contributed by atoms with Crippen LogP contribution in [0, 0.1) is 0 Å². The maximum atomic E-state index is 13.3. The molecule has 26 heavy (non-hydrogen) atoms. The first-order valence-electron chi connectivity index (χ1n) is 8.13. The first-order chi connectivity index (χ1) is 12.5. The van der Waals surface area contributed by atoms with E-state index in [1.54, 1.807) is 91.0 Å². The van der Waals surface area contributed by atoms with Crippen LogP contribution in [0.1, 0.15) is 31.1 Å². The summed E-state index contributed by atoms with van der Waals surface area (Å²) in [6.45, 7) is 0. The number of hydrogen-bond acceptors (Lipinski definition) is 3. The summed E-state index contributed by atoms with van der Waals surface area (Å²) in [7, 11) is 0. The van der Waals surface area contributed by atoms with Crippen molar-refractivity contribution in [3.63, 3.8) is 0 Å². The van der Waals surface area contributed by atoms with Crippen molar-refractivity contribution in [2.24, 2.45) is 0 Å². The molecular formula is C22H15InO3. The van der Waals surface area contributed by atoms with E-state index in [0.29, 0.717) is 16.7 Å². The van der Waals surface area contributed by atoms with Gasteiger partial charge >= 0.3 is 167 Å². The van der Waals surface area contributed by atoms with Gasteiger partial charge in [0.05, 0.1) is 0 Å². The normalized spacial score (nSPS) is 10.9. The number of ketones is 3. The van der Waals surface area contributed by atoms with Gasteiger partial charge in [0.2, 0.25) is 0 Å². The van der Waals surface area contributed by atoms with Crippen LogP contribution in [-0.2, 0) is 0 Å². The summed E-state index contributed by atoms with van der Waals surface area (Å²) < 4.78 is -1.70. The number of hydrogen-bond donors (Lipinski definition) is 0. The summed E-state index contributed by atoms with van der Waals surface area (Å²) in [5.41, 5.74) is 1.11. The molecule has 2 radical (unpaired) electrons. The van der Waals surface area contributed by atoms with Crippen molar-refractivity contribution in [3.05, 3.63) is 108 Å². The van der Waals surface area contributed by atoms with E-state index in [4.69, 9.17) is 0 Å². The molecule has 0 amide bonds. The molecule has 0 aliphatic rings. The molecule has 3 rings (SSSR count). The van der Waals surface area contributed by atoms with Crippen molar-refractivity contribution in [2.75, 3.05) is 0 Å². The molecule has 0 unspecified atom stereocenters. The SMILES string of the molecule is O=C(c1ccccc1)[C]([In])(C(=O)c1ccccc1)C(=O)c1ccccc1. The first-order valence-corrected chi connectivity index (χ1v) is 9.78. The fraction of sp³-hybridized carbons (Fsp3) is 0.0455. The van der Waals surface area contributed by atoms with Gasteiger partial charge < -0.3 is 0 Å². The van der Waals surface area contributed by atoms with E-state index >= 15 is 0 Å². The van der Waals surface area contributed by atoms with Gasteiger partial charge in [-0.25, -0.2) is 0 Å². The Balaban J connectivity index is 2.14. The third-order valence-corrected chi connectivity index (χ3v) is 6.43. The summed E-state index contributed by atoms with van der Waals surface area (Å²) >= 11 is 0.162. The number of Topliss-reactive ketones (excluding diaryl/α,β-unsaturated/α-hetero) is 3. The quantitative estimate of drug-likeness (QED) is 0.429. The molecule has 3 nitrogen and oxygen atoms in total. The third-order valence-electron chi connectivity index (χ3n) is 4.18. The Hall–Kier alpha value is -2.46. The third kappa shape index (κ3) is 3.42. The Morgan fingerprint density at radius 3 is 0.962 bits per heavy atom. The van der Waals surface area contributed by atoms with Crippen LogP contribution in [0.15, 0.2) is 91.0 Å². The van der Waals surface area contributed by atoms with Gasteiger partial charge in [0.15, 0.2) is 0 Å². The molecule has 0 saturated heterocycles. The summed E-state index contributed by atoms with van der Waals surface area (Å²) in [5.74, 6) is -1.32. The second-order valence-electron chi connectivity index (χ2n) is 5.89. The minimum absolute atomic E-state index is 0.162. The number of rotatable bonds is 6. The molecule has 3 aromatic rings. The molecule has 0 fully saturated rings. The molecule has 0 heterocycles. The average molecular weight is 442 g/mol. The van der Waals surface area contributed by atoms with E-state index in [1.807, 2.05) is 0 Å². The van der Waals surface area contributed by atoms with E-state index in [9.17, 15) is 14.4 Å². The van der Waals surface area contributed by atoms with Gasteiger partial charge in [-0.05, 0) is 0 Å². The second-order valence-corrected chi connectivity index (χ2v) is 8.37. The van der Waals surface area contributed by atoms with Gasteiger partial charge in [-0.3, -0.25) is 0 Å². The number of carbonyl (C=O) groups is 3. The Kier molecular flexibility index (Phi) is 5.52. The van der Waals surface area contributed by atoms with E-state index in [0.717, 1.165) is 0 Å². The molecule has 0 saturated carbocycles. The standard InChI is InChI=1S/C22H15O3.In/c23-20(16-10-4-1-5-11-16)19(21(24)17-12-6-2-7-13-17)22(25)18-14-8-3-9-15-18;/h1-15H;. The van der Waals surface area contributed by atoms with E-state index in [-0.39, 0.29) is 24.4 Å². The zero-order valence-electron chi connectivity index (χ0n) is 14.0. The molecule has 3 aromatic carbocycles. The Labute approximate surface area is 166 Å². The van der Waals surface area contributed by atoms with Crippen LogP contribution < -0.4 is 0 Å². The van der Waals surface area contributed by atoms with Crippen molar-refractivity contribution in [1.82, 2.24) is 0 Å². The summed E-state index contributed by atoms with van der Waals surface area (Å²) in [6, 6.07) is 25.6. The van der Waals surface area contributed by atoms with Crippen LogP contribution in [0.25, 0.3) is 0 Å². The van der Waals surface area contributed by atoms with E-state index in [1.165, 1.54) is 0 Å². The van der Waals surface area contributed by atoms with Crippen LogP contribution in [0.3, 0.4) is 0 Å². The van der Waals surface area contributed by atoms with Gasteiger partial charge in [0.25, 0.3) is 0 Å². The minimum atomic E-state index is -1.70. The van der Waals surface area contributed by atoms with Gasteiger partial charge in [0.1, 0.15) is 0 Å². The van der Waals surface area contributed by atoms with E-state index in [2.05, 4.69) is 0 Å². The molecular weight excluding hydrogens is 427 g/mol. The van der Waals surface area contributed by atoms with Crippen molar-refractivity contribution in [3.8, 4) is 0 Å². The molecule has 0 aliphatic heterocycles. The van der Waals surface area contributed by atoms with Gasteiger partial charge in [-0.1, -0.05) is 0 Å². The molecule has 0 spiro atoms. The van der Waals surface area contributed by atoms with Crippen molar-refractivity contribution >= 4 is 41.7 Å². The number of benzene rings is 3. The Morgan fingerprint density at radius 1 is 0.500 bits per heavy atom. The van der Waals surface area contributed by atoms with Crippen LogP contribution in [-0.4, -0.2) is 41.7 Å². The van der Waals surface area contributed by atoms with Crippen LogP contribution in [0.2, 0.25) is 3.17 Å². The first kappa shape index (κ1) is 18.3. The molecule has 0 bridgehead atoms. The van der Waals surface area contributed by atoms with Gasteiger partial charge in [-0.2, -0.15) is 0 Å². The molecule has 4 heteroatoms. The zero-order chi connectivity index (χ0) is 18.6. The van der Waals surface area contributed by atoms with Crippen LogP contribution in [0.5, 0.6) is 0 Å². The van der Waals surface area contributed by atoms with Crippen molar-refractivity contribution in [1.29, 1.82) is 0 Å². The Morgan fingerprint density at radius 2 is 0.731 bits per heavy atom. The van der Waals surface area contributed by atoms with E-state index < -0.39 is 20.5 Å². The van der Waals surface area contributed by atoms with Crippen LogP contribution >= 0.6 is 0 Å². The molecule has 0 N–H and O–H groups in total. The van der Waals surface area contributed by atoms with Gasteiger partial charge in [-0.15, -0.1) is 0 Å². The fourth-order valence-corrected chi connectivity index (χ4v) is 4.19. The molecule has 0 aromatic heterocycles. The monoisotopic (exact) mass is 442 g/mol. The maximum absolute atomic E-state index is 13.3. The summed E-state index contributed by atoms with van der Waals surface area (Å²) in [4.78, 5) is 39.9. The molecule has 124 valence electrons. The molecule has 0 aliphatic carbocycles. The average Bonchev–Trinajstić information content (AvgIpc) is 2.73. The van der Waals surface area contributed by atoms with Gasteiger partial charge in [0, 0.05) is 0 Å². The van der Waals surface area contributed by atoms with Crippen molar-refractivity contribution < 1.29 is 14.4 Å². The predicted molar refractivity (Wildman–Crippen MR) is 101 cm³/mol. The fourth-order valence-electron chi connectivity index (χ4n) is 2.76. The molecule has 0 atom stereocenters.